The summed E-state index contributed by atoms with van der Waals surface area (Å²) in [6.45, 7) is 0. The van der Waals surface area contributed by atoms with Gasteiger partial charge in [-0.25, -0.2) is 0 Å². The van der Waals surface area contributed by atoms with E-state index >= 15 is 0 Å². The maximum atomic E-state index is 7.81. The molecule has 0 heterocycles. The molecule has 0 aliphatic carbocycles. The predicted octanol–water partition coefficient (Wildman–Crippen LogP) is -0.777. The molecular weight excluding hydrogens is 272 g/mol. The number of rotatable bonds is 0. The zero-order valence-electron chi connectivity index (χ0n) is 1.76. The van der Waals surface area contributed by atoms with Gasteiger partial charge in [-0.15, -0.1) is 0 Å². The zero-order chi connectivity index (χ0) is 2.00. The second kappa shape index (κ2) is 45.3. The van der Waals surface area contributed by atoms with Gasteiger partial charge in [0.1, 0.15) is 0 Å². The summed E-state index contributed by atoms with van der Waals surface area (Å²) in [5, 5.41) is 0. The van der Waals surface area contributed by atoms with Crippen molar-refractivity contribution in [1.29, 1.82) is 0 Å². The Balaban J connectivity index is -0.000000000833. The summed E-state index contributed by atoms with van der Waals surface area (Å²) >= 11 is 2.94. The topological polar surface area (TPSA) is 17.1 Å². The molecule has 44 valence electrons. The molecule has 0 N–H and O–H groups in total. The second-order valence-electron chi connectivity index (χ2n) is 0. The van der Waals surface area contributed by atoms with Crippen molar-refractivity contribution in [1.82, 2.24) is 0 Å². The molecule has 0 fully saturated rings. The van der Waals surface area contributed by atoms with Crippen LogP contribution in [0.2, 0.25) is 0 Å². The Kier molecular flexibility index (Phi) is 278. The van der Waals surface area contributed by atoms with E-state index in [1.165, 1.54) is 0 Å². The molecule has 0 aliphatic rings. The Morgan fingerprint density at radius 1 is 1.17 bits per heavy atom. The van der Waals surface area contributed by atoms with Crippen LogP contribution in [0.3, 0.4) is 0 Å². The Hall–Kier alpha value is 2.85. The van der Waals surface area contributed by atoms with E-state index in [1.54, 1.807) is 0 Å². The van der Waals surface area contributed by atoms with Gasteiger partial charge in [-0.2, -0.15) is 0 Å². The Labute approximate surface area is 98.3 Å². The normalized spacial score (nSPS) is 1.00. The third-order valence-corrected chi connectivity index (χ3v) is 0. The van der Waals surface area contributed by atoms with Crippen molar-refractivity contribution >= 4 is 29.6 Å². The van der Waals surface area contributed by atoms with Crippen molar-refractivity contribution in [2.24, 2.45) is 0 Å². The SMILES string of the molecule is [Fe].[Mn].[NaH].[Ni].[O]=[Cu]. The fourth-order valence-corrected chi connectivity index (χ4v) is 0. The van der Waals surface area contributed by atoms with E-state index in [-0.39, 0.29) is 80.2 Å². The molecule has 0 aliphatic heterocycles. The quantitative estimate of drug-likeness (QED) is 0.529. The van der Waals surface area contributed by atoms with Crippen molar-refractivity contribution in [3.63, 3.8) is 0 Å². The van der Waals surface area contributed by atoms with Crippen LogP contribution in [-0.2, 0) is 70.4 Å². The molecule has 6 heteroatoms. The van der Waals surface area contributed by atoms with Gasteiger partial charge in [-0.05, 0) is 0 Å². The molecule has 0 spiro atoms. The van der Waals surface area contributed by atoms with Gasteiger partial charge in [0.05, 0.1) is 0 Å². The van der Waals surface area contributed by atoms with E-state index in [0.29, 0.717) is 0 Å². The Morgan fingerprint density at radius 2 is 1.17 bits per heavy atom. The summed E-state index contributed by atoms with van der Waals surface area (Å²) < 4.78 is 7.81. The van der Waals surface area contributed by atoms with Crippen LogP contribution in [-0.4, -0.2) is 29.6 Å². The third-order valence-electron chi connectivity index (χ3n) is 0. The molecule has 0 saturated carbocycles. The summed E-state index contributed by atoms with van der Waals surface area (Å²) in [6.07, 6.45) is 0. The van der Waals surface area contributed by atoms with E-state index in [1.807, 2.05) is 0 Å². The van der Waals surface area contributed by atoms with Gasteiger partial charge in [0, 0.05) is 50.6 Å². The number of hydrogen-bond acceptors (Lipinski definition) is 1. The second-order valence-corrected chi connectivity index (χ2v) is 0. The van der Waals surface area contributed by atoms with Gasteiger partial charge in [0.2, 0.25) is 0 Å². The van der Waals surface area contributed by atoms with Crippen molar-refractivity contribution in [2.45, 2.75) is 0 Å². The summed E-state index contributed by atoms with van der Waals surface area (Å²) in [6, 6.07) is 0. The van der Waals surface area contributed by atoms with Crippen LogP contribution in [0.4, 0.5) is 0 Å². The van der Waals surface area contributed by atoms with E-state index < -0.39 is 0 Å². The molecule has 0 unspecified atom stereocenters. The standard InChI is InChI=1S/Cu.Fe.Mn.Na.Ni.O.H. The summed E-state index contributed by atoms with van der Waals surface area (Å²) in [7, 11) is 0. The first-order valence-corrected chi connectivity index (χ1v) is 0.508. The molecule has 0 aromatic carbocycles. The zero-order valence-corrected chi connectivity index (χ0v) is 5.97. The Morgan fingerprint density at radius 3 is 1.17 bits per heavy atom. The van der Waals surface area contributed by atoms with Crippen molar-refractivity contribution < 1.29 is 70.4 Å². The predicted molar refractivity (Wildman–Crippen MR) is 7.84 cm³/mol. The first-order valence-electron chi connectivity index (χ1n) is 0.123. The van der Waals surface area contributed by atoms with Gasteiger partial charge in [0.15, 0.2) is 0 Å². The van der Waals surface area contributed by atoms with Crippen molar-refractivity contribution in [3.8, 4) is 0 Å². The van der Waals surface area contributed by atoms with Crippen LogP contribution in [0.15, 0.2) is 0 Å². The van der Waals surface area contributed by atoms with E-state index in [4.69, 9.17) is 3.83 Å². The molecule has 0 rings (SSSR count). The van der Waals surface area contributed by atoms with Crippen LogP contribution in [0.1, 0.15) is 0 Å². The minimum absolute atomic E-state index is 0. The molecule has 6 heavy (non-hydrogen) atoms. The van der Waals surface area contributed by atoms with Crippen LogP contribution in [0.25, 0.3) is 0 Å². The van der Waals surface area contributed by atoms with Crippen LogP contribution >= 0.6 is 0 Å². The average Bonchev–Trinajstić information content (AvgIpc) is 1.00. The fraction of sp³-hybridized carbons (Fsp3) is 0. The third kappa shape index (κ3) is 28.8. The molecule has 0 aromatic rings. The van der Waals surface area contributed by atoms with Crippen molar-refractivity contribution in [2.75, 3.05) is 0 Å². The first-order chi connectivity index (χ1) is 1.00. The molecule has 0 bridgehead atoms. The van der Waals surface area contributed by atoms with Gasteiger partial charge in [0.25, 0.3) is 0 Å². The van der Waals surface area contributed by atoms with E-state index in [0.717, 1.165) is 0 Å². The molecule has 0 saturated heterocycles. The molecule has 0 aromatic heterocycles. The fourth-order valence-electron chi connectivity index (χ4n) is 0. The molecule has 1 radical (unpaired) electrons. The molecular formula is HCuFeMnNaNiO. The van der Waals surface area contributed by atoms with Crippen LogP contribution in [0, 0.1) is 0 Å². The monoisotopic (exact) mass is 272 g/mol. The van der Waals surface area contributed by atoms with Crippen LogP contribution < -0.4 is 0 Å². The summed E-state index contributed by atoms with van der Waals surface area (Å²) in [5.41, 5.74) is 0. The molecule has 0 atom stereocenters. The van der Waals surface area contributed by atoms with Gasteiger partial charge >= 0.3 is 49.3 Å². The van der Waals surface area contributed by atoms with E-state index in [2.05, 4.69) is 15.9 Å². The first kappa shape index (κ1) is 36.8. The minimum atomic E-state index is 0. The van der Waals surface area contributed by atoms with Crippen molar-refractivity contribution in [3.05, 3.63) is 0 Å². The summed E-state index contributed by atoms with van der Waals surface area (Å²) in [4.78, 5) is 0. The molecule has 0 amide bonds. The maximum absolute atomic E-state index is 7.81. The van der Waals surface area contributed by atoms with E-state index in [9.17, 15) is 0 Å². The molecule has 1 nitrogen and oxygen atoms in total. The van der Waals surface area contributed by atoms with Crippen LogP contribution in [0.5, 0.6) is 0 Å². The summed E-state index contributed by atoms with van der Waals surface area (Å²) in [5.74, 6) is 0. The number of hydrogen-bond donors (Lipinski definition) is 0. The van der Waals surface area contributed by atoms with Gasteiger partial charge in [-0.3, -0.25) is 0 Å². The van der Waals surface area contributed by atoms with Gasteiger partial charge < -0.3 is 0 Å². The Bertz CT molecular complexity index is 15.5. The average molecular weight is 273 g/mol. The van der Waals surface area contributed by atoms with Gasteiger partial charge in [-0.1, -0.05) is 0 Å².